The fourth-order valence-corrected chi connectivity index (χ4v) is 3.38. The van der Waals surface area contributed by atoms with Crippen LogP contribution in [0.15, 0.2) is 33.5 Å². The molecule has 0 fully saturated rings. The van der Waals surface area contributed by atoms with Crippen molar-refractivity contribution in [1.82, 2.24) is 0 Å². The van der Waals surface area contributed by atoms with E-state index in [2.05, 4.69) is 0 Å². The molecule has 7 nitrogen and oxygen atoms in total. The van der Waals surface area contributed by atoms with Crippen molar-refractivity contribution in [2.45, 2.75) is 58.8 Å². The van der Waals surface area contributed by atoms with Crippen LogP contribution in [-0.4, -0.2) is 23.6 Å². The second-order valence-electron chi connectivity index (χ2n) is 7.89. The van der Waals surface area contributed by atoms with Gasteiger partial charge in [0.1, 0.15) is 16.9 Å². The van der Waals surface area contributed by atoms with Crippen LogP contribution in [0.1, 0.15) is 52.7 Å². The van der Waals surface area contributed by atoms with E-state index in [0.717, 1.165) is 0 Å². The van der Waals surface area contributed by atoms with Crippen LogP contribution < -0.4 is 10.4 Å². The van der Waals surface area contributed by atoms with E-state index < -0.39 is 35.4 Å². The molecule has 3 rings (SSSR count). The van der Waals surface area contributed by atoms with Crippen LogP contribution in [0, 0.1) is 5.92 Å². The van der Waals surface area contributed by atoms with Crippen molar-refractivity contribution in [3.8, 4) is 5.75 Å². The van der Waals surface area contributed by atoms with Gasteiger partial charge in [-0.2, -0.15) is 0 Å². The van der Waals surface area contributed by atoms with Gasteiger partial charge < -0.3 is 18.6 Å². The fourth-order valence-electron chi connectivity index (χ4n) is 3.38. The predicted octanol–water partition coefficient (Wildman–Crippen LogP) is 3.53. The number of benzene rings is 1. The van der Waals surface area contributed by atoms with Gasteiger partial charge in [-0.15, -0.1) is 0 Å². The molecule has 0 bridgehead atoms. The summed E-state index contributed by atoms with van der Waals surface area (Å²) >= 11 is 0. The van der Waals surface area contributed by atoms with Crippen molar-refractivity contribution < 1.29 is 28.2 Å². The van der Waals surface area contributed by atoms with E-state index in [1.165, 1.54) is 13.0 Å². The van der Waals surface area contributed by atoms with Gasteiger partial charge in [0.05, 0.1) is 5.56 Å². The minimum atomic E-state index is -0.969. The largest absolute Gasteiger partial charge is 0.483 e. The molecule has 2 heterocycles. The Balaban J connectivity index is 2.20. The van der Waals surface area contributed by atoms with Gasteiger partial charge in [0.2, 0.25) is 0 Å². The molecule has 28 heavy (non-hydrogen) atoms. The number of rotatable bonds is 4. The Hall–Kier alpha value is -2.83. The first-order valence-corrected chi connectivity index (χ1v) is 9.21. The number of hydrogen-bond donors (Lipinski definition) is 0. The molecule has 0 N–H and O–H groups in total. The van der Waals surface area contributed by atoms with Gasteiger partial charge in [0.15, 0.2) is 12.2 Å². The van der Waals surface area contributed by atoms with Crippen molar-refractivity contribution >= 4 is 22.9 Å². The van der Waals surface area contributed by atoms with Crippen molar-refractivity contribution in [2.75, 3.05) is 0 Å². The molecule has 7 heteroatoms. The smallest absolute Gasteiger partial charge is 0.336 e. The number of fused-ring (bicyclic) bond motifs is 3. The lowest BCUT2D eigenvalue weighted by Gasteiger charge is -2.43. The number of hydrogen-bond acceptors (Lipinski definition) is 7. The molecule has 1 aromatic carbocycles. The van der Waals surface area contributed by atoms with Gasteiger partial charge in [-0.3, -0.25) is 9.59 Å². The summed E-state index contributed by atoms with van der Waals surface area (Å²) in [7, 11) is 0. The van der Waals surface area contributed by atoms with Gasteiger partial charge in [-0.1, -0.05) is 13.8 Å². The van der Waals surface area contributed by atoms with Crippen molar-refractivity contribution in [2.24, 2.45) is 5.92 Å². The molecule has 0 saturated heterocycles. The zero-order valence-electron chi connectivity index (χ0n) is 16.6. The minimum Gasteiger partial charge on any atom is -0.483 e. The van der Waals surface area contributed by atoms with E-state index >= 15 is 0 Å². The average molecular weight is 388 g/mol. The number of ether oxygens (including phenoxy) is 3. The highest BCUT2D eigenvalue weighted by Crippen LogP contribution is 2.46. The topological polar surface area (TPSA) is 92.0 Å². The van der Waals surface area contributed by atoms with E-state index in [9.17, 15) is 14.4 Å². The predicted molar refractivity (Wildman–Crippen MR) is 101 cm³/mol. The van der Waals surface area contributed by atoms with Crippen molar-refractivity contribution in [1.29, 1.82) is 0 Å². The van der Waals surface area contributed by atoms with Gasteiger partial charge in [-0.05, 0) is 38.0 Å². The average Bonchev–Trinajstić information content (AvgIpc) is 2.56. The summed E-state index contributed by atoms with van der Waals surface area (Å²) in [6.07, 6.45) is -1.68. The van der Waals surface area contributed by atoms with Crippen molar-refractivity contribution in [3.05, 3.63) is 40.2 Å². The number of esters is 2. The maximum atomic E-state index is 12.5. The van der Waals surface area contributed by atoms with E-state index in [-0.39, 0.29) is 17.9 Å². The molecule has 0 spiro atoms. The third-order valence-corrected chi connectivity index (χ3v) is 4.53. The van der Waals surface area contributed by atoms with E-state index in [4.69, 9.17) is 18.6 Å². The van der Waals surface area contributed by atoms with Crippen LogP contribution in [0.3, 0.4) is 0 Å². The summed E-state index contributed by atoms with van der Waals surface area (Å²) in [5.74, 6) is -0.456. The van der Waals surface area contributed by atoms with Gasteiger partial charge in [0, 0.05) is 24.8 Å². The molecular weight excluding hydrogens is 364 g/mol. The Labute approximate surface area is 162 Å². The summed E-state index contributed by atoms with van der Waals surface area (Å²) in [4.78, 5) is 36.1. The second-order valence-corrected chi connectivity index (χ2v) is 7.89. The molecule has 1 aliphatic heterocycles. The molecular formula is C21H24O7. The summed E-state index contributed by atoms with van der Waals surface area (Å²) in [6.45, 7) is 8.58. The van der Waals surface area contributed by atoms with Crippen LogP contribution in [0.25, 0.3) is 11.0 Å². The Morgan fingerprint density at radius 2 is 1.82 bits per heavy atom. The van der Waals surface area contributed by atoms with Gasteiger partial charge >= 0.3 is 17.6 Å². The maximum absolute atomic E-state index is 12.5. The number of carbonyl (C=O) groups is 2. The Morgan fingerprint density at radius 3 is 2.46 bits per heavy atom. The molecule has 1 aliphatic rings. The lowest BCUT2D eigenvalue weighted by Crippen LogP contribution is -2.52. The summed E-state index contributed by atoms with van der Waals surface area (Å²) in [5, 5.41) is 0.646. The zero-order valence-corrected chi connectivity index (χ0v) is 16.6. The summed E-state index contributed by atoms with van der Waals surface area (Å²) in [5.41, 5.74) is -0.871. The van der Waals surface area contributed by atoms with E-state index in [0.29, 0.717) is 16.7 Å². The van der Waals surface area contributed by atoms with Crippen LogP contribution in [-0.2, 0) is 19.1 Å². The van der Waals surface area contributed by atoms with Crippen molar-refractivity contribution in [3.63, 3.8) is 0 Å². The number of carbonyl (C=O) groups excluding carboxylic acids is 2. The first kappa shape index (κ1) is 19.9. The quantitative estimate of drug-likeness (QED) is 0.584. The first-order chi connectivity index (χ1) is 13.1. The van der Waals surface area contributed by atoms with Crippen LogP contribution >= 0.6 is 0 Å². The highest BCUT2D eigenvalue weighted by molar-refractivity contribution is 5.83. The standard InChI is InChI=1S/C21H24O7/c1-11(2)10-16(24)27-19-17-14(28-21(4,5)20(19)25-12(3)22)8-6-13-7-9-15(23)26-18(13)17/h6-9,11,19-20H,10H2,1-5H3/t19-,20-/m0/s1. The Bertz CT molecular complexity index is 970. The molecule has 2 aromatic rings. The first-order valence-electron chi connectivity index (χ1n) is 9.21. The molecule has 0 unspecified atom stereocenters. The van der Waals surface area contributed by atoms with E-state index in [1.807, 2.05) is 13.8 Å². The maximum Gasteiger partial charge on any atom is 0.336 e. The van der Waals surface area contributed by atoms with Gasteiger partial charge in [0.25, 0.3) is 0 Å². The lowest BCUT2D eigenvalue weighted by atomic mass is 9.87. The monoisotopic (exact) mass is 388 g/mol. The molecule has 150 valence electrons. The Kier molecular flexibility index (Phi) is 5.19. The second kappa shape index (κ2) is 7.30. The highest BCUT2D eigenvalue weighted by atomic mass is 16.6. The lowest BCUT2D eigenvalue weighted by molar-refractivity contribution is -0.189. The molecule has 0 radical (unpaired) electrons. The summed E-state index contributed by atoms with van der Waals surface area (Å²) < 4.78 is 22.7. The molecule has 1 aromatic heterocycles. The van der Waals surface area contributed by atoms with Crippen LogP contribution in [0.4, 0.5) is 0 Å². The Morgan fingerprint density at radius 1 is 1.14 bits per heavy atom. The third kappa shape index (κ3) is 3.88. The van der Waals surface area contributed by atoms with Crippen LogP contribution in [0.5, 0.6) is 5.75 Å². The molecule has 0 saturated carbocycles. The SMILES string of the molecule is CC(=O)O[C@H]1[C@@H](OC(=O)CC(C)C)c2c(ccc3ccc(=O)oc23)OC1(C)C. The van der Waals surface area contributed by atoms with Gasteiger partial charge in [-0.25, -0.2) is 4.79 Å². The van der Waals surface area contributed by atoms with Crippen LogP contribution in [0.2, 0.25) is 0 Å². The zero-order chi connectivity index (χ0) is 20.6. The fraction of sp³-hybridized carbons (Fsp3) is 0.476. The molecule has 0 amide bonds. The minimum absolute atomic E-state index is 0.0949. The summed E-state index contributed by atoms with van der Waals surface area (Å²) in [6, 6.07) is 6.42. The molecule has 0 aliphatic carbocycles. The third-order valence-electron chi connectivity index (χ3n) is 4.53. The van der Waals surface area contributed by atoms with E-state index in [1.54, 1.807) is 32.0 Å². The molecule has 2 atom stereocenters. The normalized spacial score (nSPS) is 20.4. The highest BCUT2D eigenvalue weighted by Gasteiger charge is 2.49.